The SMILES string of the molecule is CC(=O)Nc1cc(=O)nc2c3c(n([C@@H]4O[C@H](CO)[C@@H](O)[C@@]4(C)O)cc13)N=CN2. The number of aliphatic imine (C=N–C) groups is 1. The Balaban J connectivity index is 1.99. The normalized spacial score (nSPS) is 28.4. The van der Waals surface area contributed by atoms with E-state index in [2.05, 4.69) is 20.6 Å². The van der Waals surface area contributed by atoms with Crippen LogP contribution < -0.4 is 16.2 Å². The first-order valence-corrected chi connectivity index (χ1v) is 8.57. The lowest BCUT2D eigenvalue weighted by Gasteiger charge is -2.28. The number of carbonyl (C=O) groups excluding carboxylic acids is 1. The van der Waals surface area contributed by atoms with Gasteiger partial charge in [0.25, 0.3) is 5.56 Å². The molecule has 0 spiro atoms. The summed E-state index contributed by atoms with van der Waals surface area (Å²) in [5, 5.41) is 36.8. The summed E-state index contributed by atoms with van der Waals surface area (Å²) in [6, 6.07) is 1.19. The van der Waals surface area contributed by atoms with E-state index in [0.29, 0.717) is 16.6 Å². The zero-order valence-corrected chi connectivity index (χ0v) is 15.1. The highest BCUT2D eigenvalue weighted by Crippen LogP contribution is 2.45. The molecule has 28 heavy (non-hydrogen) atoms. The Morgan fingerprint density at radius 1 is 1.50 bits per heavy atom. The van der Waals surface area contributed by atoms with Gasteiger partial charge in [-0.05, 0) is 6.92 Å². The predicted octanol–water partition coefficient (Wildman–Crippen LogP) is -0.558. The number of aliphatic hydroxyl groups is 3. The highest BCUT2D eigenvalue weighted by atomic mass is 16.6. The van der Waals surface area contributed by atoms with E-state index < -0.39 is 36.2 Å². The van der Waals surface area contributed by atoms with Gasteiger partial charge in [-0.1, -0.05) is 0 Å². The fourth-order valence-electron chi connectivity index (χ4n) is 3.60. The molecule has 2 aliphatic heterocycles. The van der Waals surface area contributed by atoms with E-state index in [1.165, 1.54) is 30.8 Å². The summed E-state index contributed by atoms with van der Waals surface area (Å²) < 4.78 is 7.17. The first-order chi connectivity index (χ1) is 13.2. The van der Waals surface area contributed by atoms with Gasteiger partial charge in [0.1, 0.15) is 29.4 Å². The van der Waals surface area contributed by atoms with Crippen molar-refractivity contribution in [2.45, 2.75) is 37.9 Å². The molecule has 2 aliphatic rings. The molecule has 11 heteroatoms. The second-order valence-corrected chi connectivity index (χ2v) is 6.97. The highest BCUT2D eigenvalue weighted by molar-refractivity contribution is 6.12. The van der Waals surface area contributed by atoms with Crippen LogP contribution in [0.25, 0.3) is 10.8 Å². The smallest absolute Gasteiger partial charge is 0.273 e. The molecule has 4 rings (SSSR count). The number of carbonyl (C=O) groups is 1. The second-order valence-electron chi connectivity index (χ2n) is 6.97. The molecular formula is C17H19N5O6. The van der Waals surface area contributed by atoms with Gasteiger partial charge in [0.15, 0.2) is 6.23 Å². The third-order valence-corrected chi connectivity index (χ3v) is 4.91. The lowest BCUT2D eigenvalue weighted by Crippen LogP contribution is -2.44. The molecule has 5 N–H and O–H groups in total. The van der Waals surface area contributed by atoms with Crippen molar-refractivity contribution in [2.24, 2.45) is 4.99 Å². The van der Waals surface area contributed by atoms with Crippen LogP contribution in [0, 0.1) is 0 Å². The summed E-state index contributed by atoms with van der Waals surface area (Å²) in [5.74, 6) is 0.169. The first kappa shape index (κ1) is 18.5. The maximum absolute atomic E-state index is 12.1. The lowest BCUT2D eigenvalue weighted by atomic mass is 9.96. The van der Waals surface area contributed by atoms with Gasteiger partial charge in [-0.15, -0.1) is 0 Å². The summed E-state index contributed by atoms with van der Waals surface area (Å²) in [6.45, 7) is 2.22. The van der Waals surface area contributed by atoms with Crippen molar-refractivity contribution in [2.75, 3.05) is 17.2 Å². The van der Waals surface area contributed by atoms with Gasteiger partial charge < -0.3 is 35.3 Å². The van der Waals surface area contributed by atoms with Crippen LogP contribution in [-0.4, -0.2) is 61.5 Å². The van der Waals surface area contributed by atoms with Crippen molar-refractivity contribution in [3.8, 4) is 0 Å². The largest absolute Gasteiger partial charge is 0.394 e. The summed E-state index contributed by atoms with van der Waals surface area (Å²) in [6.07, 6.45) is -0.506. The van der Waals surface area contributed by atoms with Crippen molar-refractivity contribution < 1.29 is 24.9 Å². The summed E-state index contributed by atoms with van der Waals surface area (Å²) >= 11 is 0. The zero-order valence-electron chi connectivity index (χ0n) is 15.1. The fraction of sp³-hybridized carbons (Fsp3) is 0.412. The van der Waals surface area contributed by atoms with E-state index in [1.807, 2.05) is 0 Å². The third-order valence-electron chi connectivity index (χ3n) is 4.91. The summed E-state index contributed by atoms with van der Waals surface area (Å²) in [7, 11) is 0. The Bertz CT molecular complexity index is 1060. The van der Waals surface area contributed by atoms with Crippen LogP contribution in [0.2, 0.25) is 0 Å². The molecule has 0 unspecified atom stereocenters. The second kappa shape index (κ2) is 6.34. The maximum Gasteiger partial charge on any atom is 0.273 e. The number of nitrogens with one attached hydrogen (secondary N) is 2. The molecule has 1 saturated heterocycles. The molecule has 1 fully saturated rings. The number of amides is 1. The topological polar surface area (TPSA) is 158 Å². The van der Waals surface area contributed by atoms with E-state index in [-0.39, 0.29) is 17.4 Å². The van der Waals surface area contributed by atoms with Gasteiger partial charge in [-0.3, -0.25) is 9.59 Å². The van der Waals surface area contributed by atoms with Gasteiger partial charge in [0, 0.05) is 24.6 Å². The Morgan fingerprint density at radius 3 is 2.89 bits per heavy atom. The van der Waals surface area contributed by atoms with Crippen molar-refractivity contribution in [3.63, 3.8) is 0 Å². The molecule has 0 aromatic carbocycles. The van der Waals surface area contributed by atoms with Crippen LogP contribution in [-0.2, 0) is 9.53 Å². The van der Waals surface area contributed by atoms with Crippen molar-refractivity contribution in [1.82, 2.24) is 9.55 Å². The van der Waals surface area contributed by atoms with Crippen LogP contribution in [0.1, 0.15) is 20.1 Å². The number of hydrogen-bond donors (Lipinski definition) is 5. The van der Waals surface area contributed by atoms with Gasteiger partial charge in [-0.2, -0.15) is 4.98 Å². The fourth-order valence-corrected chi connectivity index (χ4v) is 3.60. The van der Waals surface area contributed by atoms with Gasteiger partial charge >= 0.3 is 0 Å². The van der Waals surface area contributed by atoms with E-state index in [0.717, 1.165) is 0 Å². The average Bonchev–Trinajstić information content (AvgIpc) is 3.06. The molecule has 148 valence electrons. The number of rotatable bonds is 3. The summed E-state index contributed by atoms with van der Waals surface area (Å²) in [5.41, 5.74) is -2.07. The molecule has 0 saturated carbocycles. The molecule has 0 radical (unpaired) electrons. The number of aliphatic hydroxyl groups excluding tert-OH is 2. The van der Waals surface area contributed by atoms with E-state index >= 15 is 0 Å². The first-order valence-electron chi connectivity index (χ1n) is 8.57. The third kappa shape index (κ3) is 2.67. The van der Waals surface area contributed by atoms with Gasteiger partial charge in [0.2, 0.25) is 5.91 Å². The van der Waals surface area contributed by atoms with Gasteiger partial charge in [-0.25, -0.2) is 4.99 Å². The molecule has 4 heterocycles. The van der Waals surface area contributed by atoms with Crippen molar-refractivity contribution >= 4 is 40.3 Å². The Hall–Kier alpha value is -2.86. The molecule has 1 amide bonds. The van der Waals surface area contributed by atoms with Crippen molar-refractivity contribution in [3.05, 3.63) is 22.6 Å². The minimum atomic E-state index is -1.73. The standard InChI is InChI=1S/C17H19N5O6/c1-7(24)20-9-3-11(25)21-14-12-8(9)4-22(15(12)19-6-18-14)16-17(2,27)13(26)10(5-23)28-16/h3-4,6,10,13,16,23,26-27H,5H2,1-2H3,(H,20,24)(H,18,19,21,25)/t10-,13-,16-,17-/m1/s1. The highest BCUT2D eigenvalue weighted by Gasteiger charge is 2.53. The molecule has 2 aromatic heterocycles. The number of anilines is 2. The molecule has 2 aromatic rings. The number of aromatic nitrogens is 2. The number of nitrogens with zero attached hydrogens (tertiary/aromatic N) is 3. The molecule has 11 nitrogen and oxygen atoms in total. The number of hydrogen-bond acceptors (Lipinski definition) is 9. The summed E-state index contributed by atoms with van der Waals surface area (Å²) in [4.78, 5) is 31.9. The van der Waals surface area contributed by atoms with Crippen LogP contribution in [0.3, 0.4) is 0 Å². The zero-order chi connectivity index (χ0) is 20.2. The predicted molar refractivity (Wildman–Crippen MR) is 99.7 cm³/mol. The molecule has 0 bridgehead atoms. The lowest BCUT2D eigenvalue weighted by molar-refractivity contribution is -0.114. The van der Waals surface area contributed by atoms with Crippen LogP contribution in [0.4, 0.5) is 17.3 Å². The molecule has 0 aliphatic carbocycles. The molecular weight excluding hydrogens is 370 g/mol. The van der Waals surface area contributed by atoms with Crippen LogP contribution >= 0.6 is 0 Å². The van der Waals surface area contributed by atoms with E-state index in [9.17, 15) is 24.9 Å². The van der Waals surface area contributed by atoms with E-state index in [1.54, 1.807) is 6.20 Å². The van der Waals surface area contributed by atoms with Gasteiger partial charge in [0.05, 0.1) is 24.0 Å². The van der Waals surface area contributed by atoms with Crippen LogP contribution in [0.5, 0.6) is 0 Å². The molecule has 4 atom stereocenters. The minimum absolute atomic E-state index is 0.224. The van der Waals surface area contributed by atoms with Crippen LogP contribution in [0.15, 0.2) is 22.1 Å². The maximum atomic E-state index is 12.1. The Kier molecular flexibility index (Phi) is 4.19. The average molecular weight is 389 g/mol. The minimum Gasteiger partial charge on any atom is -0.394 e. The Labute approximate surface area is 158 Å². The van der Waals surface area contributed by atoms with E-state index in [4.69, 9.17) is 4.74 Å². The van der Waals surface area contributed by atoms with Crippen molar-refractivity contribution in [1.29, 1.82) is 0 Å². The quantitative estimate of drug-likeness (QED) is 0.467. The number of ether oxygens (including phenoxy) is 1. The monoisotopic (exact) mass is 389 g/mol. The Morgan fingerprint density at radius 2 is 2.25 bits per heavy atom.